The smallest absolute Gasteiger partial charge is 0.115 e. The Morgan fingerprint density at radius 2 is 2.10 bits per heavy atom. The zero-order chi connectivity index (χ0) is 14.5. The third-order valence-electron chi connectivity index (χ3n) is 4.51. The van der Waals surface area contributed by atoms with Gasteiger partial charge in [-0.05, 0) is 36.0 Å². The second-order valence-electron chi connectivity index (χ2n) is 5.77. The molecule has 1 aromatic carbocycles. The fourth-order valence-electron chi connectivity index (χ4n) is 3.52. The van der Waals surface area contributed by atoms with E-state index in [4.69, 9.17) is 0 Å². The molecule has 0 aliphatic carbocycles. The second kappa shape index (κ2) is 7.09. The molecular formula is C17H28N2O. The van der Waals surface area contributed by atoms with Crippen LogP contribution in [0.5, 0.6) is 5.75 Å². The molecule has 0 radical (unpaired) electrons. The van der Waals surface area contributed by atoms with Crippen molar-refractivity contribution in [2.75, 3.05) is 26.2 Å². The minimum atomic E-state index is 0.392. The number of aromatic hydroxyl groups is 1. The van der Waals surface area contributed by atoms with E-state index in [1.54, 1.807) is 6.07 Å². The van der Waals surface area contributed by atoms with E-state index in [0.717, 1.165) is 13.1 Å². The van der Waals surface area contributed by atoms with E-state index in [-0.39, 0.29) is 0 Å². The van der Waals surface area contributed by atoms with Gasteiger partial charge in [0.15, 0.2) is 0 Å². The quantitative estimate of drug-likeness (QED) is 0.828. The summed E-state index contributed by atoms with van der Waals surface area (Å²) in [7, 11) is 0. The predicted molar refractivity (Wildman–Crippen MR) is 84.2 cm³/mol. The Morgan fingerprint density at radius 3 is 2.85 bits per heavy atom. The highest BCUT2D eigenvalue weighted by Gasteiger charge is 2.35. The summed E-state index contributed by atoms with van der Waals surface area (Å²) >= 11 is 0. The number of nitrogens with one attached hydrogen (secondary N) is 1. The van der Waals surface area contributed by atoms with Gasteiger partial charge in [-0.1, -0.05) is 32.9 Å². The molecule has 2 N–H and O–H groups in total. The molecule has 20 heavy (non-hydrogen) atoms. The van der Waals surface area contributed by atoms with Gasteiger partial charge in [-0.2, -0.15) is 0 Å². The lowest BCUT2D eigenvalue weighted by Gasteiger charge is -2.46. The van der Waals surface area contributed by atoms with Crippen molar-refractivity contribution in [2.24, 2.45) is 5.92 Å². The number of phenolic OH excluding ortho intramolecular Hbond substituents is 1. The normalized spacial score (nSPS) is 30.1. The highest BCUT2D eigenvalue weighted by Crippen LogP contribution is 2.37. The molecule has 1 aromatic rings. The van der Waals surface area contributed by atoms with E-state index in [2.05, 4.69) is 23.2 Å². The van der Waals surface area contributed by atoms with Gasteiger partial charge in [0.05, 0.1) is 0 Å². The van der Waals surface area contributed by atoms with Crippen LogP contribution in [0.3, 0.4) is 0 Å². The summed E-state index contributed by atoms with van der Waals surface area (Å²) in [5.74, 6) is 1.64. The number of hydrogen-bond donors (Lipinski definition) is 2. The number of phenols is 1. The molecule has 0 saturated carbocycles. The molecule has 3 rings (SSSR count). The summed E-state index contributed by atoms with van der Waals surface area (Å²) < 4.78 is 0. The maximum absolute atomic E-state index is 9.64. The zero-order valence-electron chi connectivity index (χ0n) is 13.0. The van der Waals surface area contributed by atoms with Crippen molar-refractivity contribution in [2.45, 2.75) is 39.2 Å². The second-order valence-corrected chi connectivity index (χ2v) is 5.77. The molecule has 2 aliphatic rings. The minimum Gasteiger partial charge on any atom is -0.508 e. The van der Waals surface area contributed by atoms with Gasteiger partial charge in [-0.15, -0.1) is 0 Å². The number of piperazine rings is 1. The Bertz CT molecular complexity index is 421. The molecule has 3 heteroatoms. The molecule has 3 unspecified atom stereocenters. The molecule has 0 spiro atoms. The molecule has 3 nitrogen and oxygen atoms in total. The van der Waals surface area contributed by atoms with Gasteiger partial charge in [0.1, 0.15) is 5.75 Å². The van der Waals surface area contributed by atoms with E-state index >= 15 is 0 Å². The first-order chi connectivity index (χ1) is 9.74. The molecule has 0 bridgehead atoms. The van der Waals surface area contributed by atoms with Crippen molar-refractivity contribution in [3.8, 4) is 5.75 Å². The summed E-state index contributed by atoms with van der Waals surface area (Å²) in [5.41, 5.74) is 1.30. The maximum Gasteiger partial charge on any atom is 0.115 e. The van der Waals surface area contributed by atoms with Crippen molar-refractivity contribution >= 4 is 0 Å². The summed E-state index contributed by atoms with van der Waals surface area (Å²) in [6, 6.07) is 8.48. The Morgan fingerprint density at radius 1 is 1.30 bits per heavy atom. The first-order valence-electron chi connectivity index (χ1n) is 7.98. The number of hydrogen-bond acceptors (Lipinski definition) is 3. The van der Waals surface area contributed by atoms with Crippen molar-refractivity contribution in [3.63, 3.8) is 0 Å². The van der Waals surface area contributed by atoms with Crippen LogP contribution >= 0.6 is 0 Å². The van der Waals surface area contributed by atoms with E-state index in [1.165, 1.54) is 25.1 Å². The Labute approximate surface area is 123 Å². The molecule has 2 heterocycles. The fraction of sp³-hybridized carbons (Fsp3) is 0.647. The van der Waals surface area contributed by atoms with Crippen molar-refractivity contribution in [1.29, 1.82) is 0 Å². The van der Waals surface area contributed by atoms with Crippen LogP contribution in [-0.4, -0.2) is 42.2 Å². The van der Waals surface area contributed by atoms with Gasteiger partial charge in [0, 0.05) is 32.2 Å². The topological polar surface area (TPSA) is 35.5 Å². The number of fused-ring (bicyclic) bond motifs is 1. The third kappa shape index (κ3) is 3.33. The predicted octanol–water partition coefficient (Wildman–Crippen LogP) is 2.82. The Kier molecular flexibility index (Phi) is 5.44. The van der Waals surface area contributed by atoms with Crippen molar-refractivity contribution < 1.29 is 5.11 Å². The van der Waals surface area contributed by atoms with E-state index in [0.29, 0.717) is 23.6 Å². The van der Waals surface area contributed by atoms with Crippen molar-refractivity contribution in [3.05, 3.63) is 29.8 Å². The fourth-order valence-corrected chi connectivity index (χ4v) is 3.52. The highest BCUT2D eigenvalue weighted by atomic mass is 16.3. The van der Waals surface area contributed by atoms with Gasteiger partial charge < -0.3 is 10.4 Å². The van der Waals surface area contributed by atoms with Gasteiger partial charge in [-0.25, -0.2) is 0 Å². The van der Waals surface area contributed by atoms with Crippen LogP contribution in [0.1, 0.15) is 38.7 Å². The first-order valence-corrected chi connectivity index (χ1v) is 7.98. The molecule has 0 aromatic heterocycles. The monoisotopic (exact) mass is 276 g/mol. The first kappa shape index (κ1) is 15.3. The van der Waals surface area contributed by atoms with Crippen LogP contribution in [0.2, 0.25) is 0 Å². The average Bonchev–Trinajstić information content (AvgIpc) is 2.48. The Balaban J connectivity index is 0.000000704. The molecule has 0 amide bonds. The molecule has 2 aliphatic heterocycles. The third-order valence-corrected chi connectivity index (χ3v) is 4.51. The number of nitrogens with zero attached hydrogens (tertiary/aromatic N) is 1. The zero-order valence-corrected chi connectivity index (χ0v) is 13.0. The molecule has 2 fully saturated rings. The lowest BCUT2D eigenvalue weighted by atomic mass is 9.78. The number of piperidine rings is 1. The molecule has 2 saturated heterocycles. The highest BCUT2D eigenvalue weighted by molar-refractivity contribution is 5.30. The Hall–Kier alpha value is -1.06. The van der Waals surface area contributed by atoms with Crippen LogP contribution in [0.4, 0.5) is 0 Å². The lowest BCUT2D eigenvalue weighted by Crippen LogP contribution is -2.56. The lowest BCUT2D eigenvalue weighted by molar-refractivity contribution is 0.0763. The summed E-state index contributed by atoms with van der Waals surface area (Å²) in [6.45, 7) is 10.9. The van der Waals surface area contributed by atoms with Gasteiger partial charge in [0.25, 0.3) is 0 Å². The van der Waals surface area contributed by atoms with Crippen LogP contribution in [0.25, 0.3) is 0 Å². The summed E-state index contributed by atoms with van der Waals surface area (Å²) in [4.78, 5) is 2.63. The summed E-state index contributed by atoms with van der Waals surface area (Å²) in [5, 5.41) is 13.1. The number of benzene rings is 1. The van der Waals surface area contributed by atoms with Crippen molar-refractivity contribution in [1.82, 2.24) is 10.2 Å². The largest absolute Gasteiger partial charge is 0.508 e. The van der Waals surface area contributed by atoms with Crippen LogP contribution in [-0.2, 0) is 0 Å². The van der Waals surface area contributed by atoms with E-state index in [1.807, 2.05) is 26.0 Å². The van der Waals surface area contributed by atoms with E-state index < -0.39 is 0 Å². The standard InChI is InChI=1S/C15H22N2O.C2H6/c1-11-10-17-6-5-16-9-13(17)8-15(11)12-3-2-4-14(18)7-12;1-2/h2-4,7,11,13,15-16,18H,5-6,8-10H2,1H3;1-2H3. The van der Waals surface area contributed by atoms with Crippen LogP contribution in [0.15, 0.2) is 24.3 Å². The molecule has 112 valence electrons. The number of rotatable bonds is 1. The molecule has 3 atom stereocenters. The average molecular weight is 276 g/mol. The maximum atomic E-state index is 9.64. The van der Waals surface area contributed by atoms with Crippen LogP contribution in [0, 0.1) is 5.92 Å². The van der Waals surface area contributed by atoms with Gasteiger partial charge in [0.2, 0.25) is 0 Å². The van der Waals surface area contributed by atoms with E-state index in [9.17, 15) is 5.11 Å². The van der Waals surface area contributed by atoms with Crippen LogP contribution < -0.4 is 5.32 Å². The SMILES string of the molecule is CC.CC1CN2CCNCC2CC1c1cccc(O)c1. The summed E-state index contributed by atoms with van der Waals surface area (Å²) in [6.07, 6.45) is 1.21. The van der Waals surface area contributed by atoms with Gasteiger partial charge in [-0.3, -0.25) is 4.90 Å². The minimum absolute atomic E-state index is 0.392. The molecular weight excluding hydrogens is 248 g/mol. The van der Waals surface area contributed by atoms with Gasteiger partial charge >= 0.3 is 0 Å².